The molecule has 3 aromatic heterocycles. The Balaban J connectivity index is 1.64. The predicted molar refractivity (Wildman–Crippen MR) is 142 cm³/mol. The molecule has 5 rings (SSSR count). The fourth-order valence-electron chi connectivity index (χ4n) is 4.99. The fourth-order valence-corrected chi connectivity index (χ4v) is 5.29. The summed E-state index contributed by atoms with van der Waals surface area (Å²) in [5.74, 6) is -0.369. The maximum atomic E-state index is 12.5. The number of rotatable bonds is 6. The quantitative estimate of drug-likeness (QED) is 0.302. The first-order valence-corrected chi connectivity index (χ1v) is 12.1. The van der Waals surface area contributed by atoms with Gasteiger partial charge in [-0.1, -0.05) is 24.3 Å². The minimum absolute atomic E-state index is 0.125. The summed E-state index contributed by atoms with van der Waals surface area (Å²) in [6.45, 7) is 4.68. The molecule has 4 aromatic rings. The molecular weight excluding hydrogens is 470 g/mol. The van der Waals surface area contributed by atoms with E-state index in [2.05, 4.69) is 37.7 Å². The average Bonchev–Trinajstić information content (AvgIpc) is 3.39. The lowest BCUT2D eigenvalue weighted by atomic mass is 9.96. The number of esters is 1. The van der Waals surface area contributed by atoms with Crippen LogP contribution in [0.5, 0.6) is 0 Å². The summed E-state index contributed by atoms with van der Waals surface area (Å²) >= 11 is 5.83. The molecule has 1 N–H and O–H groups in total. The van der Waals surface area contributed by atoms with Gasteiger partial charge in [0.2, 0.25) is 0 Å². The summed E-state index contributed by atoms with van der Waals surface area (Å²) in [5, 5.41) is 4.16. The van der Waals surface area contributed by atoms with Gasteiger partial charge in [0.25, 0.3) is 0 Å². The topological polar surface area (TPSA) is 72.3 Å². The van der Waals surface area contributed by atoms with Crippen LogP contribution in [0.25, 0.3) is 5.69 Å². The number of carbonyl (C=O) groups is 1. The number of ether oxygens (including phenoxy) is 1. The molecular formula is C28H27N5O2S. The molecule has 0 amide bonds. The SMILES string of the molecule is COC(=O)c1ccccc1-n1c(C)cc(C2C(c3ccccn3)NC(=S)N2Cc2ccccn2)c1C. The summed E-state index contributed by atoms with van der Waals surface area (Å²) in [6.07, 6.45) is 3.59. The van der Waals surface area contributed by atoms with E-state index in [9.17, 15) is 4.79 Å². The first-order valence-electron chi connectivity index (χ1n) is 11.7. The van der Waals surface area contributed by atoms with Crippen LogP contribution in [0.4, 0.5) is 0 Å². The van der Waals surface area contributed by atoms with Crippen LogP contribution >= 0.6 is 12.2 Å². The molecule has 36 heavy (non-hydrogen) atoms. The van der Waals surface area contributed by atoms with Gasteiger partial charge in [-0.05, 0) is 74.1 Å². The summed E-state index contributed by atoms with van der Waals surface area (Å²) in [6, 6.07) is 21.2. The van der Waals surface area contributed by atoms with E-state index in [-0.39, 0.29) is 18.1 Å². The smallest absolute Gasteiger partial charge is 0.339 e. The maximum Gasteiger partial charge on any atom is 0.339 e. The van der Waals surface area contributed by atoms with E-state index in [1.165, 1.54) is 7.11 Å². The number of hydrogen-bond donors (Lipinski definition) is 1. The van der Waals surface area contributed by atoms with Crippen molar-refractivity contribution in [3.63, 3.8) is 0 Å². The molecule has 0 radical (unpaired) electrons. The lowest BCUT2D eigenvalue weighted by molar-refractivity contribution is 0.0600. The van der Waals surface area contributed by atoms with E-state index >= 15 is 0 Å². The van der Waals surface area contributed by atoms with Gasteiger partial charge in [-0.2, -0.15) is 0 Å². The van der Waals surface area contributed by atoms with Gasteiger partial charge in [0.1, 0.15) is 0 Å². The molecule has 0 spiro atoms. The van der Waals surface area contributed by atoms with Crippen molar-refractivity contribution in [2.24, 2.45) is 0 Å². The molecule has 2 atom stereocenters. The van der Waals surface area contributed by atoms with Crippen LogP contribution in [-0.4, -0.2) is 37.6 Å². The van der Waals surface area contributed by atoms with Gasteiger partial charge < -0.3 is 19.5 Å². The molecule has 1 aliphatic heterocycles. The lowest BCUT2D eigenvalue weighted by Gasteiger charge is -2.28. The number of nitrogens with one attached hydrogen (secondary N) is 1. The highest BCUT2D eigenvalue weighted by Gasteiger charge is 2.41. The van der Waals surface area contributed by atoms with Gasteiger partial charge >= 0.3 is 5.97 Å². The highest BCUT2D eigenvalue weighted by molar-refractivity contribution is 7.80. The van der Waals surface area contributed by atoms with Gasteiger partial charge in [0.05, 0.1) is 48.4 Å². The first kappa shape index (κ1) is 23.7. The van der Waals surface area contributed by atoms with Crippen LogP contribution in [0, 0.1) is 13.8 Å². The normalized spacial score (nSPS) is 17.2. The molecule has 1 fully saturated rings. The zero-order valence-electron chi connectivity index (χ0n) is 20.4. The third kappa shape index (κ3) is 4.24. The standard InChI is InChI=1S/C28H27N5O2S/c1-18-16-22(19(2)33(18)24-13-5-4-11-21(24)27(34)35-3)26-25(23-12-7-9-15-30-23)31-28(36)32(26)17-20-10-6-8-14-29-20/h4-16,25-26H,17H2,1-3H3,(H,31,36). The Labute approximate surface area is 215 Å². The van der Waals surface area contributed by atoms with Crippen molar-refractivity contribution < 1.29 is 9.53 Å². The van der Waals surface area contributed by atoms with Gasteiger partial charge in [0.15, 0.2) is 5.11 Å². The van der Waals surface area contributed by atoms with E-state index in [4.69, 9.17) is 17.0 Å². The zero-order chi connectivity index (χ0) is 25.2. The minimum Gasteiger partial charge on any atom is -0.465 e. The minimum atomic E-state index is -0.369. The van der Waals surface area contributed by atoms with Crippen LogP contribution in [0.3, 0.4) is 0 Å². The van der Waals surface area contributed by atoms with E-state index in [0.29, 0.717) is 17.2 Å². The van der Waals surface area contributed by atoms with Gasteiger partial charge in [-0.3, -0.25) is 9.97 Å². The number of carbonyl (C=O) groups excluding carboxylic acids is 1. The summed E-state index contributed by atoms with van der Waals surface area (Å²) in [7, 11) is 1.40. The van der Waals surface area contributed by atoms with Crippen molar-refractivity contribution in [3.05, 3.63) is 113 Å². The van der Waals surface area contributed by atoms with Crippen molar-refractivity contribution in [1.29, 1.82) is 0 Å². The Morgan fingerprint density at radius 2 is 1.75 bits per heavy atom. The molecule has 1 aliphatic rings. The van der Waals surface area contributed by atoms with Crippen molar-refractivity contribution >= 4 is 23.3 Å². The van der Waals surface area contributed by atoms with Crippen LogP contribution in [0.1, 0.15) is 50.8 Å². The Hall–Kier alpha value is -4.04. The van der Waals surface area contributed by atoms with Gasteiger partial charge in [-0.25, -0.2) is 4.79 Å². The lowest BCUT2D eigenvalue weighted by Crippen LogP contribution is -2.29. The summed E-state index contributed by atoms with van der Waals surface area (Å²) in [5.41, 5.74) is 6.27. The van der Waals surface area contributed by atoms with Crippen molar-refractivity contribution in [2.45, 2.75) is 32.5 Å². The predicted octanol–water partition coefficient (Wildman–Crippen LogP) is 4.84. The maximum absolute atomic E-state index is 12.5. The van der Waals surface area contributed by atoms with E-state index in [1.54, 1.807) is 18.5 Å². The number of methoxy groups -OCH3 is 1. The number of aromatic nitrogens is 3. The molecule has 0 bridgehead atoms. The molecule has 0 aliphatic carbocycles. The van der Waals surface area contributed by atoms with Crippen LogP contribution in [-0.2, 0) is 11.3 Å². The summed E-state index contributed by atoms with van der Waals surface area (Å²) < 4.78 is 7.16. The summed E-state index contributed by atoms with van der Waals surface area (Å²) in [4.78, 5) is 23.9. The van der Waals surface area contributed by atoms with Crippen LogP contribution in [0.15, 0.2) is 79.1 Å². The van der Waals surface area contributed by atoms with Gasteiger partial charge in [0, 0.05) is 23.8 Å². The zero-order valence-corrected chi connectivity index (χ0v) is 21.2. The molecule has 4 heterocycles. The monoisotopic (exact) mass is 497 g/mol. The fraction of sp³-hybridized carbons (Fsp3) is 0.214. The Bertz CT molecular complexity index is 1400. The number of para-hydroxylation sites is 1. The highest BCUT2D eigenvalue weighted by Crippen LogP contribution is 2.42. The van der Waals surface area contributed by atoms with Gasteiger partial charge in [-0.15, -0.1) is 0 Å². The number of thiocarbonyl (C=S) groups is 1. The molecule has 0 saturated carbocycles. The first-order chi connectivity index (χ1) is 17.5. The van der Waals surface area contributed by atoms with Crippen molar-refractivity contribution in [1.82, 2.24) is 24.8 Å². The number of aryl methyl sites for hydroxylation is 1. The second-order valence-electron chi connectivity index (χ2n) is 8.75. The molecule has 2 unspecified atom stereocenters. The van der Waals surface area contributed by atoms with Crippen molar-refractivity contribution in [2.75, 3.05) is 7.11 Å². The van der Waals surface area contributed by atoms with E-state index in [0.717, 1.165) is 34.0 Å². The molecule has 1 saturated heterocycles. The highest BCUT2D eigenvalue weighted by atomic mass is 32.1. The Morgan fingerprint density at radius 1 is 1.03 bits per heavy atom. The van der Waals surface area contributed by atoms with Crippen LogP contribution in [0.2, 0.25) is 0 Å². The Morgan fingerprint density at radius 3 is 2.44 bits per heavy atom. The second-order valence-corrected chi connectivity index (χ2v) is 9.13. The molecule has 182 valence electrons. The number of nitrogens with zero attached hydrogens (tertiary/aromatic N) is 4. The third-order valence-electron chi connectivity index (χ3n) is 6.60. The number of pyridine rings is 2. The molecule has 1 aromatic carbocycles. The molecule has 7 nitrogen and oxygen atoms in total. The molecule has 8 heteroatoms. The van der Waals surface area contributed by atoms with Crippen LogP contribution < -0.4 is 5.32 Å². The van der Waals surface area contributed by atoms with E-state index in [1.807, 2.05) is 61.5 Å². The number of hydrogen-bond acceptors (Lipinski definition) is 5. The third-order valence-corrected chi connectivity index (χ3v) is 6.95. The van der Waals surface area contributed by atoms with Crippen molar-refractivity contribution in [3.8, 4) is 5.69 Å². The van der Waals surface area contributed by atoms with E-state index < -0.39 is 0 Å². The second kappa shape index (κ2) is 9.91. The average molecular weight is 498 g/mol. The Kier molecular flexibility index (Phi) is 6.52. The number of benzene rings is 1. The largest absolute Gasteiger partial charge is 0.465 e.